The fourth-order valence-electron chi connectivity index (χ4n) is 5.10. The number of hydrogen-bond donors (Lipinski definition) is 3. The van der Waals surface area contributed by atoms with Gasteiger partial charge in [-0.2, -0.15) is 0 Å². The largest absolute Gasteiger partial charge is 0.573 e. The zero-order valence-corrected chi connectivity index (χ0v) is 19.7. The number of anilines is 1. The van der Waals surface area contributed by atoms with Crippen LogP contribution in [0.15, 0.2) is 35.3 Å². The molecule has 196 valence electrons. The number of pyridine rings is 1. The molecule has 0 spiro atoms. The Morgan fingerprint density at radius 2 is 1.89 bits per heavy atom. The predicted molar refractivity (Wildman–Crippen MR) is 127 cm³/mol. The summed E-state index contributed by atoms with van der Waals surface area (Å²) >= 11 is 0. The van der Waals surface area contributed by atoms with Gasteiger partial charge in [-0.1, -0.05) is 0 Å². The standard InChI is InChI=1S/C24H25F3N6O4/c25-24(26,27)37-16-1-2-17(18(28)11-16)22(35)32-7-4-15(5-8-32)33-19-9-14(12-30-21(19)31-23(33)36)13-3-6-29-20(34)10-13/h1-2,9,11-13,15H,3-8,10,28H2,(H,29,34)(H,30,31,36). The summed E-state index contributed by atoms with van der Waals surface area (Å²) in [6, 6.07) is 4.96. The lowest BCUT2D eigenvalue weighted by Crippen LogP contribution is -2.40. The van der Waals surface area contributed by atoms with Gasteiger partial charge < -0.3 is 20.7 Å². The first-order valence-corrected chi connectivity index (χ1v) is 11.9. The van der Waals surface area contributed by atoms with Crippen molar-refractivity contribution in [2.24, 2.45) is 0 Å². The van der Waals surface area contributed by atoms with E-state index in [9.17, 15) is 27.6 Å². The smallest absolute Gasteiger partial charge is 0.406 e. The average Bonchev–Trinajstić information content (AvgIpc) is 3.17. The van der Waals surface area contributed by atoms with Crippen LogP contribution in [-0.4, -0.2) is 57.2 Å². The van der Waals surface area contributed by atoms with Gasteiger partial charge in [-0.3, -0.25) is 19.1 Å². The van der Waals surface area contributed by atoms with Gasteiger partial charge in [0.1, 0.15) is 5.75 Å². The SMILES string of the molecule is Nc1cc(OC(F)(F)F)ccc1C(=O)N1CCC(n2c(=O)[nH]c3ncc(C4CCNC(=O)C4)cc32)CC1. The average molecular weight is 518 g/mol. The van der Waals surface area contributed by atoms with E-state index in [4.69, 9.17) is 5.73 Å². The highest BCUT2D eigenvalue weighted by molar-refractivity contribution is 5.99. The van der Waals surface area contributed by atoms with Crippen LogP contribution in [0.4, 0.5) is 18.9 Å². The summed E-state index contributed by atoms with van der Waals surface area (Å²) in [5, 5.41) is 2.81. The maximum absolute atomic E-state index is 13.0. The number of amides is 2. The number of hydrogen-bond acceptors (Lipinski definition) is 6. The number of fused-ring (bicyclic) bond motifs is 1. The Morgan fingerprint density at radius 1 is 1.14 bits per heavy atom. The Labute approximate surface area is 208 Å². The molecule has 4 heterocycles. The molecule has 3 aromatic rings. The molecule has 10 nitrogen and oxygen atoms in total. The van der Waals surface area contributed by atoms with Crippen molar-refractivity contribution in [3.05, 3.63) is 52.1 Å². The number of nitrogens with one attached hydrogen (secondary N) is 2. The monoisotopic (exact) mass is 518 g/mol. The van der Waals surface area contributed by atoms with E-state index in [-0.39, 0.29) is 34.8 Å². The molecule has 1 aromatic carbocycles. The van der Waals surface area contributed by atoms with Gasteiger partial charge in [0, 0.05) is 50.0 Å². The number of likely N-dealkylation sites (tertiary alicyclic amines) is 1. The third-order valence-corrected chi connectivity index (χ3v) is 6.91. The molecule has 1 atom stereocenters. The van der Waals surface area contributed by atoms with Crippen LogP contribution in [0.3, 0.4) is 0 Å². The van der Waals surface area contributed by atoms with Crippen LogP contribution in [0.25, 0.3) is 11.2 Å². The van der Waals surface area contributed by atoms with E-state index in [1.807, 2.05) is 6.07 Å². The van der Waals surface area contributed by atoms with Crippen molar-refractivity contribution < 1.29 is 27.5 Å². The van der Waals surface area contributed by atoms with Gasteiger partial charge in [-0.05, 0) is 48.9 Å². The Hall–Kier alpha value is -4.03. The highest BCUT2D eigenvalue weighted by Gasteiger charge is 2.32. The van der Waals surface area contributed by atoms with Gasteiger partial charge in [0.2, 0.25) is 5.91 Å². The van der Waals surface area contributed by atoms with Gasteiger partial charge in [0.25, 0.3) is 5.91 Å². The molecular formula is C24H25F3N6O4. The molecule has 0 saturated carbocycles. The van der Waals surface area contributed by atoms with Gasteiger partial charge in [-0.15, -0.1) is 13.2 Å². The maximum Gasteiger partial charge on any atom is 0.573 e. The molecule has 5 rings (SSSR count). The van der Waals surface area contributed by atoms with Crippen LogP contribution in [-0.2, 0) is 4.79 Å². The summed E-state index contributed by atoms with van der Waals surface area (Å²) < 4.78 is 42.9. The van der Waals surface area contributed by atoms with E-state index >= 15 is 0 Å². The number of aromatic amines is 1. The fraction of sp³-hybridized carbons (Fsp3) is 0.417. The number of rotatable bonds is 4. The van der Waals surface area contributed by atoms with E-state index in [0.29, 0.717) is 50.1 Å². The van der Waals surface area contributed by atoms with Gasteiger partial charge in [0.05, 0.1) is 11.1 Å². The lowest BCUT2D eigenvalue weighted by atomic mass is 9.91. The number of nitrogens with two attached hydrogens (primary N) is 1. The topological polar surface area (TPSA) is 135 Å². The molecule has 13 heteroatoms. The second-order valence-corrected chi connectivity index (χ2v) is 9.30. The maximum atomic E-state index is 13.0. The van der Waals surface area contributed by atoms with E-state index in [1.54, 1.807) is 15.7 Å². The number of benzene rings is 1. The fourth-order valence-corrected chi connectivity index (χ4v) is 5.10. The number of ether oxygens (including phenoxy) is 1. The number of halogens is 3. The Kier molecular flexibility index (Phi) is 6.30. The van der Waals surface area contributed by atoms with Crippen molar-refractivity contribution in [1.29, 1.82) is 0 Å². The molecule has 2 amide bonds. The van der Waals surface area contributed by atoms with Crippen molar-refractivity contribution in [2.75, 3.05) is 25.4 Å². The minimum absolute atomic E-state index is 0.0111. The van der Waals surface area contributed by atoms with Gasteiger partial charge in [-0.25, -0.2) is 9.78 Å². The number of nitrogen functional groups attached to an aromatic ring is 1. The van der Waals surface area contributed by atoms with Crippen molar-refractivity contribution in [1.82, 2.24) is 24.8 Å². The number of aromatic nitrogens is 3. The number of carbonyl (C=O) groups excluding carboxylic acids is 2. The number of piperidine rings is 2. The molecule has 2 fully saturated rings. The van der Waals surface area contributed by atoms with Crippen molar-refractivity contribution >= 4 is 28.7 Å². The van der Waals surface area contributed by atoms with Crippen LogP contribution in [0.2, 0.25) is 0 Å². The van der Waals surface area contributed by atoms with Crippen molar-refractivity contribution in [2.45, 2.75) is 44.0 Å². The molecule has 2 saturated heterocycles. The number of imidazole rings is 1. The van der Waals surface area contributed by atoms with E-state index in [1.165, 1.54) is 6.07 Å². The number of nitrogens with zero attached hydrogens (tertiary/aromatic N) is 3. The molecule has 0 aliphatic carbocycles. The Balaban J connectivity index is 1.31. The van der Waals surface area contributed by atoms with E-state index in [0.717, 1.165) is 24.1 Å². The zero-order valence-electron chi connectivity index (χ0n) is 19.7. The number of alkyl halides is 3. The van der Waals surface area contributed by atoms with Crippen LogP contribution in [0.1, 0.15) is 53.6 Å². The number of carbonyl (C=O) groups is 2. The minimum atomic E-state index is -4.86. The van der Waals surface area contributed by atoms with Crippen molar-refractivity contribution in [3.8, 4) is 5.75 Å². The highest BCUT2D eigenvalue weighted by Crippen LogP contribution is 2.31. The second kappa shape index (κ2) is 9.45. The first kappa shape index (κ1) is 24.7. The molecule has 2 aromatic heterocycles. The van der Waals surface area contributed by atoms with E-state index in [2.05, 4.69) is 20.0 Å². The zero-order chi connectivity index (χ0) is 26.3. The van der Waals surface area contributed by atoms with Gasteiger partial charge in [0.15, 0.2) is 5.65 Å². The lowest BCUT2D eigenvalue weighted by molar-refractivity contribution is -0.274. The lowest BCUT2D eigenvalue weighted by Gasteiger charge is -2.33. The van der Waals surface area contributed by atoms with Gasteiger partial charge >= 0.3 is 12.1 Å². The van der Waals surface area contributed by atoms with Crippen LogP contribution >= 0.6 is 0 Å². The molecular weight excluding hydrogens is 493 g/mol. The molecule has 2 aliphatic rings. The van der Waals surface area contributed by atoms with E-state index < -0.39 is 18.0 Å². The first-order chi connectivity index (χ1) is 17.6. The minimum Gasteiger partial charge on any atom is -0.406 e. The third kappa shape index (κ3) is 5.11. The van der Waals surface area contributed by atoms with Crippen molar-refractivity contribution in [3.63, 3.8) is 0 Å². The molecule has 1 unspecified atom stereocenters. The quantitative estimate of drug-likeness (QED) is 0.455. The molecule has 2 aliphatic heterocycles. The summed E-state index contributed by atoms with van der Waals surface area (Å²) in [6.07, 6.45) is -1.02. The molecule has 0 bridgehead atoms. The summed E-state index contributed by atoms with van der Waals surface area (Å²) in [5.74, 6) is -0.883. The summed E-state index contributed by atoms with van der Waals surface area (Å²) in [7, 11) is 0. The summed E-state index contributed by atoms with van der Waals surface area (Å²) in [5.41, 5.74) is 7.53. The number of H-pyrrole nitrogens is 1. The highest BCUT2D eigenvalue weighted by atomic mass is 19.4. The van der Waals surface area contributed by atoms with Crippen LogP contribution < -0.4 is 21.5 Å². The first-order valence-electron chi connectivity index (χ1n) is 11.9. The molecule has 4 N–H and O–H groups in total. The molecule has 0 radical (unpaired) electrons. The van der Waals surface area contributed by atoms with Crippen LogP contribution in [0.5, 0.6) is 5.75 Å². The Bertz CT molecular complexity index is 1410. The Morgan fingerprint density at radius 3 is 2.57 bits per heavy atom. The summed E-state index contributed by atoms with van der Waals surface area (Å²) in [6.45, 7) is 1.26. The van der Waals surface area contributed by atoms with Crippen LogP contribution in [0, 0.1) is 0 Å². The second-order valence-electron chi connectivity index (χ2n) is 9.30. The summed E-state index contributed by atoms with van der Waals surface area (Å²) in [4.78, 5) is 46.4. The third-order valence-electron chi connectivity index (χ3n) is 6.91. The molecule has 37 heavy (non-hydrogen) atoms. The normalized spacial score (nSPS) is 19.2. The predicted octanol–water partition coefficient (Wildman–Crippen LogP) is 2.68.